The van der Waals surface area contributed by atoms with E-state index in [2.05, 4.69) is 16.7 Å². The van der Waals surface area contributed by atoms with Gasteiger partial charge < -0.3 is 15.4 Å². The summed E-state index contributed by atoms with van der Waals surface area (Å²) in [6.45, 7) is 0.240. The number of nitrogens with zero attached hydrogens (tertiary/aromatic N) is 1. The highest BCUT2D eigenvalue weighted by Gasteiger charge is 2.03. The molecule has 2 amide bonds. The number of amides is 2. The lowest BCUT2D eigenvalue weighted by Crippen LogP contribution is -2.26. The van der Waals surface area contributed by atoms with E-state index in [1.54, 1.807) is 37.5 Å². The number of rotatable bonds is 8. The van der Waals surface area contributed by atoms with Crippen LogP contribution in [-0.4, -0.2) is 25.5 Å². The van der Waals surface area contributed by atoms with Gasteiger partial charge in [-0.05, 0) is 41.5 Å². The van der Waals surface area contributed by atoms with Crippen LogP contribution in [-0.2, 0) is 16.0 Å². The Balaban J connectivity index is 1.71. The molecule has 6 nitrogen and oxygen atoms in total. The molecule has 0 spiro atoms. The van der Waals surface area contributed by atoms with Crippen LogP contribution in [0.25, 0.3) is 6.08 Å². The van der Waals surface area contributed by atoms with E-state index in [-0.39, 0.29) is 24.8 Å². The molecule has 27 heavy (non-hydrogen) atoms. The molecule has 0 aliphatic heterocycles. The first-order valence-corrected chi connectivity index (χ1v) is 8.46. The maximum Gasteiger partial charge on any atom is 0.244 e. The molecular formula is C21H21N3O3. The van der Waals surface area contributed by atoms with E-state index in [1.807, 2.05) is 24.3 Å². The number of hydrogen-bond donors (Lipinski definition) is 2. The molecule has 0 radical (unpaired) electrons. The molecule has 2 N–H and O–H groups in total. The Morgan fingerprint density at radius 1 is 1.11 bits per heavy atom. The van der Waals surface area contributed by atoms with Gasteiger partial charge in [-0.2, -0.15) is 5.26 Å². The van der Waals surface area contributed by atoms with Crippen molar-refractivity contribution in [2.24, 2.45) is 0 Å². The van der Waals surface area contributed by atoms with Crippen LogP contribution in [0.1, 0.15) is 17.5 Å². The first-order valence-electron chi connectivity index (χ1n) is 8.46. The lowest BCUT2D eigenvalue weighted by molar-refractivity contribution is -0.117. The van der Waals surface area contributed by atoms with Crippen molar-refractivity contribution >= 4 is 23.6 Å². The van der Waals surface area contributed by atoms with E-state index in [1.165, 1.54) is 6.08 Å². The number of benzene rings is 2. The number of nitrogens with one attached hydrogen (secondary N) is 2. The van der Waals surface area contributed by atoms with Gasteiger partial charge >= 0.3 is 0 Å². The zero-order chi connectivity index (χ0) is 19.5. The number of ether oxygens (including phenoxy) is 1. The summed E-state index contributed by atoms with van der Waals surface area (Å²) in [5, 5.41) is 14.1. The second-order valence-corrected chi connectivity index (χ2v) is 5.73. The van der Waals surface area contributed by atoms with Gasteiger partial charge in [0, 0.05) is 24.7 Å². The lowest BCUT2D eigenvalue weighted by Gasteiger charge is -2.06. The molecule has 0 aliphatic carbocycles. The van der Waals surface area contributed by atoms with Gasteiger partial charge in [-0.1, -0.05) is 24.3 Å². The number of anilines is 1. The average molecular weight is 363 g/mol. The molecule has 0 saturated heterocycles. The number of hydrogen-bond acceptors (Lipinski definition) is 4. The fraction of sp³-hybridized carbons (Fsp3) is 0.190. The molecule has 138 valence electrons. The highest BCUT2D eigenvalue weighted by Crippen LogP contribution is 2.12. The summed E-state index contributed by atoms with van der Waals surface area (Å²) in [4.78, 5) is 23.7. The fourth-order valence-electron chi connectivity index (χ4n) is 2.27. The number of carbonyl (C=O) groups is 2. The van der Waals surface area contributed by atoms with Gasteiger partial charge in [-0.25, -0.2) is 0 Å². The standard InChI is InChI=1S/C21H21N3O3/c1-27-19-9-4-16(5-10-19)6-11-20(25)23-15-13-21(26)24-18-7-2-17(3-8-18)12-14-22/h2-11H,12-13,15H2,1H3,(H,23,25)(H,24,26). The largest absolute Gasteiger partial charge is 0.497 e. The smallest absolute Gasteiger partial charge is 0.244 e. The van der Waals surface area contributed by atoms with Crippen molar-refractivity contribution in [3.63, 3.8) is 0 Å². The van der Waals surface area contributed by atoms with E-state index in [4.69, 9.17) is 10.00 Å². The van der Waals surface area contributed by atoms with Crippen LogP contribution in [0.3, 0.4) is 0 Å². The Morgan fingerprint density at radius 3 is 2.44 bits per heavy atom. The Labute approximate surface area is 158 Å². The highest BCUT2D eigenvalue weighted by molar-refractivity contribution is 5.93. The van der Waals surface area contributed by atoms with Gasteiger partial charge in [0.15, 0.2) is 0 Å². The summed E-state index contributed by atoms with van der Waals surface area (Å²) in [6, 6.07) is 16.5. The molecule has 0 fully saturated rings. The van der Waals surface area contributed by atoms with Crippen molar-refractivity contribution in [2.75, 3.05) is 19.0 Å². The molecule has 0 atom stereocenters. The van der Waals surface area contributed by atoms with E-state index in [0.717, 1.165) is 16.9 Å². The quantitative estimate of drug-likeness (QED) is 0.706. The number of methoxy groups -OCH3 is 1. The van der Waals surface area contributed by atoms with Gasteiger partial charge in [0.05, 0.1) is 19.6 Å². The average Bonchev–Trinajstić information content (AvgIpc) is 2.68. The summed E-state index contributed by atoms with van der Waals surface area (Å²) in [7, 11) is 1.60. The minimum absolute atomic E-state index is 0.169. The van der Waals surface area contributed by atoms with E-state index in [0.29, 0.717) is 12.1 Å². The number of carbonyl (C=O) groups excluding carboxylic acids is 2. The van der Waals surface area contributed by atoms with Crippen LogP contribution in [0.5, 0.6) is 5.75 Å². The third-order valence-electron chi connectivity index (χ3n) is 3.72. The van der Waals surface area contributed by atoms with Crippen LogP contribution in [0.2, 0.25) is 0 Å². The summed E-state index contributed by atoms with van der Waals surface area (Å²) in [6.07, 6.45) is 3.62. The predicted molar refractivity (Wildman–Crippen MR) is 104 cm³/mol. The van der Waals surface area contributed by atoms with E-state index >= 15 is 0 Å². The zero-order valence-electron chi connectivity index (χ0n) is 15.1. The van der Waals surface area contributed by atoms with E-state index in [9.17, 15) is 9.59 Å². The third-order valence-corrected chi connectivity index (χ3v) is 3.72. The van der Waals surface area contributed by atoms with Gasteiger partial charge in [-0.15, -0.1) is 0 Å². The summed E-state index contributed by atoms with van der Waals surface area (Å²) in [5.41, 5.74) is 2.43. The summed E-state index contributed by atoms with van der Waals surface area (Å²) >= 11 is 0. The monoisotopic (exact) mass is 363 g/mol. The van der Waals surface area contributed by atoms with Gasteiger partial charge in [0.25, 0.3) is 0 Å². The normalized spacial score (nSPS) is 10.2. The predicted octanol–water partition coefficient (Wildman–Crippen LogP) is 2.92. The molecule has 0 saturated carbocycles. The van der Waals surface area contributed by atoms with Gasteiger partial charge in [-0.3, -0.25) is 9.59 Å². The highest BCUT2D eigenvalue weighted by atomic mass is 16.5. The molecule has 2 aromatic carbocycles. The second kappa shape index (κ2) is 10.4. The molecule has 2 rings (SSSR count). The maximum absolute atomic E-state index is 11.9. The molecule has 6 heteroatoms. The van der Waals surface area contributed by atoms with Crippen molar-refractivity contribution in [1.29, 1.82) is 5.26 Å². The summed E-state index contributed by atoms with van der Waals surface area (Å²) < 4.78 is 5.08. The van der Waals surface area contributed by atoms with E-state index < -0.39 is 0 Å². The van der Waals surface area contributed by atoms with Gasteiger partial charge in [0.1, 0.15) is 5.75 Å². The zero-order valence-corrected chi connectivity index (χ0v) is 15.1. The molecule has 0 unspecified atom stereocenters. The van der Waals surface area contributed by atoms with Crippen molar-refractivity contribution < 1.29 is 14.3 Å². The van der Waals surface area contributed by atoms with Crippen molar-refractivity contribution in [2.45, 2.75) is 12.8 Å². The molecule has 0 aliphatic rings. The van der Waals surface area contributed by atoms with Crippen LogP contribution in [0, 0.1) is 11.3 Å². The third kappa shape index (κ3) is 7.04. The first kappa shape index (κ1) is 19.7. The molecule has 2 aromatic rings. The fourth-order valence-corrected chi connectivity index (χ4v) is 2.27. The Morgan fingerprint density at radius 2 is 1.81 bits per heavy atom. The topological polar surface area (TPSA) is 91.2 Å². The van der Waals surface area contributed by atoms with Crippen molar-refractivity contribution in [3.8, 4) is 11.8 Å². The molecule has 0 bridgehead atoms. The Kier molecular flexibility index (Phi) is 7.61. The number of nitriles is 1. The second-order valence-electron chi connectivity index (χ2n) is 5.73. The van der Waals surface area contributed by atoms with Crippen LogP contribution in [0.15, 0.2) is 54.6 Å². The minimum atomic E-state index is -0.264. The maximum atomic E-state index is 11.9. The van der Waals surface area contributed by atoms with Crippen LogP contribution in [0.4, 0.5) is 5.69 Å². The Hall–Kier alpha value is -3.59. The van der Waals surface area contributed by atoms with Crippen LogP contribution >= 0.6 is 0 Å². The molecule has 0 heterocycles. The lowest BCUT2D eigenvalue weighted by atomic mass is 10.1. The first-order chi connectivity index (χ1) is 13.1. The molecular weight excluding hydrogens is 342 g/mol. The SMILES string of the molecule is COc1ccc(C=CC(=O)NCCC(=O)Nc2ccc(CC#N)cc2)cc1. The van der Waals surface area contributed by atoms with Gasteiger partial charge in [0.2, 0.25) is 11.8 Å². The van der Waals surface area contributed by atoms with Crippen molar-refractivity contribution in [3.05, 3.63) is 65.7 Å². The van der Waals surface area contributed by atoms with Crippen LogP contribution < -0.4 is 15.4 Å². The van der Waals surface area contributed by atoms with Crippen molar-refractivity contribution in [1.82, 2.24) is 5.32 Å². The minimum Gasteiger partial charge on any atom is -0.497 e. The Bertz CT molecular complexity index is 834. The molecule has 0 aromatic heterocycles. The summed E-state index contributed by atoms with van der Waals surface area (Å²) in [5.74, 6) is 0.296.